The molecule has 1 N–H and O–H groups in total. The Labute approximate surface area is 193 Å². The number of nitrogens with zero attached hydrogens (tertiary/aromatic N) is 3. The van der Waals surface area contributed by atoms with E-state index in [9.17, 15) is 4.39 Å². The van der Waals surface area contributed by atoms with E-state index in [2.05, 4.69) is 38.4 Å². The number of pyridine rings is 1. The molecule has 2 atom stereocenters. The fourth-order valence-corrected chi connectivity index (χ4v) is 3.80. The highest BCUT2D eigenvalue weighted by Gasteiger charge is 2.28. The molecule has 1 saturated heterocycles. The number of benzene rings is 2. The number of ether oxygens (including phenoxy) is 1. The van der Waals surface area contributed by atoms with E-state index in [0.717, 1.165) is 34.5 Å². The summed E-state index contributed by atoms with van der Waals surface area (Å²) in [5.41, 5.74) is 3.09. The molecule has 0 bridgehead atoms. The first kappa shape index (κ1) is 22.4. The van der Waals surface area contributed by atoms with Crippen LogP contribution in [0.25, 0.3) is 10.9 Å². The first-order chi connectivity index (χ1) is 14.1. The van der Waals surface area contributed by atoms with E-state index in [1.54, 1.807) is 19.2 Å². The van der Waals surface area contributed by atoms with Gasteiger partial charge in [-0.05, 0) is 36.2 Å². The lowest BCUT2D eigenvalue weighted by molar-refractivity contribution is -0.0605. The molecule has 3 aromatic rings. The molecule has 7 heteroatoms. The highest BCUT2D eigenvalue weighted by molar-refractivity contribution is 14.0. The highest BCUT2D eigenvalue weighted by Crippen LogP contribution is 2.25. The van der Waals surface area contributed by atoms with E-state index >= 15 is 0 Å². The van der Waals surface area contributed by atoms with Crippen molar-refractivity contribution in [3.05, 3.63) is 77.7 Å². The number of aromatic nitrogens is 1. The fraction of sp³-hybridized carbons (Fsp3) is 0.304. The van der Waals surface area contributed by atoms with E-state index in [1.165, 1.54) is 12.1 Å². The predicted octanol–water partition coefficient (Wildman–Crippen LogP) is 4.53. The van der Waals surface area contributed by atoms with Crippen LogP contribution >= 0.6 is 24.0 Å². The fourth-order valence-electron chi connectivity index (χ4n) is 3.80. The summed E-state index contributed by atoms with van der Waals surface area (Å²) >= 11 is 0. The first-order valence-corrected chi connectivity index (χ1v) is 9.83. The summed E-state index contributed by atoms with van der Waals surface area (Å²) in [4.78, 5) is 11.2. The molecule has 158 valence electrons. The highest BCUT2D eigenvalue weighted by atomic mass is 127. The first-order valence-electron chi connectivity index (χ1n) is 9.83. The zero-order valence-corrected chi connectivity index (χ0v) is 19.4. The second-order valence-electron chi connectivity index (χ2n) is 7.28. The predicted molar refractivity (Wildman–Crippen MR) is 129 cm³/mol. The van der Waals surface area contributed by atoms with Crippen LogP contribution < -0.4 is 5.32 Å². The average Bonchev–Trinajstić information content (AvgIpc) is 2.74. The lowest BCUT2D eigenvalue weighted by atomic mass is 10.1. The van der Waals surface area contributed by atoms with E-state index in [4.69, 9.17) is 4.74 Å². The minimum absolute atomic E-state index is 0. The van der Waals surface area contributed by atoms with Crippen molar-refractivity contribution in [1.29, 1.82) is 0 Å². The number of aliphatic imine (C=N–C) groups is 1. The summed E-state index contributed by atoms with van der Waals surface area (Å²) in [7, 11) is 1.79. The van der Waals surface area contributed by atoms with Crippen LogP contribution in [0.5, 0.6) is 0 Å². The van der Waals surface area contributed by atoms with Crippen LogP contribution in [-0.2, 0) is 11.3 Å². The number of fused-ring (bicyclic) bond motifs is 1. The summed E-state index contributed by atoms with van der Waals surface area (Å²) in [6, 6.07) is 16.7. The normalized spacial score (nSPS) is 19.4. The van der Waals surface area contributed by atoms with Crippen LogP contribution in [0.15, 0.2) is 65.8 Å². The van der Waals surface area contributed by atoms with Crippen molar-refractivity contribution in [3.8, 4) is 0 Å². The van der Waals surface area contributed by atoms with Crippen molar-refractivity contribution in [2.24, 2.45) is 4.99 Å². The van der Waals surface area contributed by atoms with Gasteiger partial charge in [-0.1, -0.05) is 36.4 Å². The Morgan fingerprint density at radius 2 is 1.93 bits per heavy atom. The maximum absolute atomic E-state index is 13.3. The lowest BCUT2D eigenvalue weighted by Crippen LogP contribution is -2.50. The SMILES string of the molecule is CN=C(NCc1cccc2cccnc12)N1CC(C)OC(c2ccc(F)cc2)C1.I. The van der Waals surface area contributed by atoms with Gasteiger partial charge in [-0.2, -0.15) is 0 Å². The molecule has 30 heavy (non-hydrogen) atoms. The quantitative estimate of drug-likeness (QED) is 0.314. The third-order valence-electron chi connectivity index (χ3n) is 5.17. The number of hydrogen-bond donors (Lipinski definition) is 1. The van der Waals surface area contributed by atoms with Gasteiger partial charge in [-0.3, -0.25) is 9.98 Å². The van der Waals surface area contributed by atoms with Crippen LogP contribution in [0, 0.1) is 5.82 Å². The number of guanidine groups is 1. The Balaban J connectivity index is 0.00000256. The van der Waals surface area contributed by atoms with Crippen LogP contribution in [0.1, 0.15) is 24.2 Å². The van der Waals surface area contributed by atoms with Crippen molar-refractivity contribution in [1.82, 2.24) is 15.2 Å². The van der Waals surface area contributed by atoms with Gasteiger partial charge in [0.2, 0.25) is 0 Å². The maximum atomic E-state index is 13.3. The molecule has 2 unspecified atom stereocenters. The summed E-state index contributed by atoms with van der Waals surface area (Å²) in [6.07, 6.45) is 1.73. The molecule has 0 radical (unpaired) electrons. The summed E-state index contributed by atoms with van der Waals surface area (Å²) in [6.45, 7) is 4.08. The average molecular weight is 520 g/mol. The Bertz CT molecular complexity index is 1010. The second-order valence-corrected chi connectivity index (χ2v) is 7.28. The zero-order chi connectivity index (χ0) is 20.2. The molecule has 1 aliphatic heterocycles. The smallest absolute Gasteiger partial charge is 0.194 e. The molecular formula is C23H26FIN4O. The number of halogens is 2. The molecule has 2 heterocycles. The molecule has 1 aliphatic rings. The van der Waals surface area contributed by atoms with Gasteiger partial charge in [0, 0.05) is 31.7 Å². The Morgan fingerprint density at radius 1 is 1.17 bits per heavy atom. The van der Waals surface area contributed by atoms with Gasteiger partial charge >= 0.3 is 0 Å². The number of hydrogen-bond acceptors (Lipinski definition) is 3. The van der Waals surface area contributed by atoms with Crippen LogP contribution in [0.4, 0.5) is 4.39 Å². The van der Waals surface area contributed by atoms with Crippen molar-refractivity contribution >= 4 is 40.8 Å². The van der Waals surface area contributed by atoms with E-state index in [-0.39, 0.29) is 42.0 Å². The second kappa shape index (κ2) is 10.2. The van der Waals surface area contributed by atoms with Gasteiger partial charge < -0.3 is 15.0 Å². The molecule has 4 rings (SSSR count). The molecule has 1 fully saturated rings. The summed E-state index contributed by atoms with van der Waals surface area (Å²) < 4.78 is 19.4. The summed E-state index contributed by atoms with van der Waals surface area (Å²) in [5.74, 6) is 0.579. The third kappa shape index (κ3) is 5.07. The van der Waals surface area contributed by atoms with Crippen LogP contribution in [0.2, 0.25) is 0 Å². The Morgan fingerprint density at radius 3 is 2.70 bits per heavy atom. The minimum Gasteiger partial charge on any atom is -0.367 e. The monoisotopic (exact) mass is 520 g/mol. The molecule has 5 nitrogen and oxygen atoms in total. The maximum Gasteiger partial charge on any atom is 0.194 e. The summed E-state index contributed by atoms with van der Waals surface area (Å²) in [5, 5.41) is 4.59. The molecule has 0 spiro atoms. The van der Waals surface area contributed by atoms with E-state index in [0.29, 0.717) is 13.1 Å². The zero-order valence-electron chi connectivity index (χ0n) is 17.1. The molecular weight excluding hydrogens is 494 g/mol. The van der Waals surface area contributed by atoms with Gasteiger partial charge in [0.15, 0.2) is 5.96 Å². The van der Waals surface area contributed by atoms with Gasteiger partial charge in [0.05, 0.1) is 18.2 Å². The minimum atomic E-state index is -0.240. The standard InChI is InChI=1S/C23H25FN4O.HI/c1-16-14-28(15-21(29-16)17-8-10-20(24)11-9-17)23(25-2)27-13-19-6-3-5-18-7-4-12-26-22(18)19;/h3-12,16,21H,13-15H2,1-2H3,(H,25,27);1H. The topological polar surface area (TPSA) is 49.8 Å². The number of morpholine rings is 1. The van der Waals surface area contributed by atoms with Gasteiger partial charge in [0.25, 0.3) is 0 Å². The van der Waals surface area contributed by atoms with Gasteiger partial charge in [0.1, 0.15) is 11.9 Å². The molecule has 0 aliphatic carbocycles. The largest absolute Gasteiger partial charge is 0.367 e. The van der Waals surface area contributed by atoms with Crippen LogP contribution in [0.3, 0.4) is 0 Å². The number of nitrogens with one attached hydrogen (secondary N) is 1. The van der Waals surface area contributed by atoms with E-state index < -0.39 is 0 Å². The third-order valence-corrected chi connectivity index (χ3v) is 5.17. The van der Waals surface area contributed by atoms with Gasteiger partial charge in [-0.25, -0.2) is 4.39 Å². The molecule has 0 amide bonds. The van der Waals surface area contributed by atoms with Crippen molar-refractivity contribution in [3.63, 3.8) is 0 Å². The molecule has 0 saturated carbocycles. The van der Waals surface area contributed by atoms with Crippen LogP contribution in [-0.4, -0.2) is 42.1 Å². The van der Waals surface area contributed by atoms with Crippen molar-refractivity contribution in [2.75, 3.05) is 20.1 Å². The lowest BCUT2D eigenvalue weighted by Gasteiger charge is -2.38. The molecule has 1 aromatic heterocycles. The Hall–Kier alpha value is -2.26. The number of rotatable bonds is 3. The Kier molecular flexibility index (Phi) is 7.60. The number of para-hydroxylation sites is 1. The van der Waals surface area contributed by atoms with Crippen molar-refractivity contribution in [2.45, 2.75) is 25.7 Å². The van der Waals surface area contributed by atoms with E-state index in [1.807, 2.05) is 25.3 Å². The molecule has 2 aromatic carbocycles. The van der Waals surface area contributed by atoms with Crippen molar-refractivity contribution < 1.29 is 9.13 Å². The van der Waals surface area contributed by atoms with Gasteiger partial charge in [-0.15, -0.1) is 24.0 Å².